The molecule has 0 saturated carbocycles. The second kappa shape index (κ2) is 6.02. The quantitative estimate of drug-likeness (QED) is 0.906. The topological polar surface area (TPSA) is 63.1 Å². The van der Waals surface area contributed by atoms with E-state index in [1.165, 1.54) is 11.0 Å². The van der Waals surface area contributed by atoms with E-state index in [-0.39, 0.29) is 24.4 Å². The number of para-hydroxylation sites is 1. The smallest absolute Gasteiger partial charge is 0.276 e. The molecule has 0 bridgehead atoms. The predicted octanol–water partition coefficient (Wildman–Crippen LogP) is 0.733. The molecule has 0 unspecified atom stereocenters. The summed E-state index contributed by atoms with van der Waals surface area (Å²) in [4.78, 5) is 15.4. The van der Waals surface area contributed by atoms with Gasteiger partial charge in [-0.3, -0.25) is 4.79 Å². The first kappa shape index (κ1) is 14.5. The number of hydrogen-bond donors (Lipinski definition) is 1. The van der Waals surface area contributed by atoms with Crippen LogP contribution in [-0.4, -0.2) is 52.0 Å². The van der Waals surface area contributed by atoms with Gasteiger partial charge in [-0.2, -0.15) is 9.90 Å². The molecule has 0 spiro atoms. The minimum atomic E-state index is -0.0892. The van der Waals surface area contributed by atoms with Crippen molar-refractivity contribution in [3.05, 3.63) is 42.2 Å². The zero-order valence-corrected chi connectivity index (χ0v) is 11.9. The largest absolute Gasteiger partial charge is 0.335 e. The number of halogens is 1. The molecule has 1 amide bonds. The Morgan fingerprint density at radius 2 is 2.05 bits per heavy atom. The fourth-order valence-corrected chi connectivity index (χ4v) is 1.94. The first-order valence-corrected chi connectivity index (χ1v) is 6.21. The van der Waals surface area contributed by atoms with E-state index >= 15 is 0 Å². The van der Waals surface area contributed by atoms with Crippen molar-refractivity contribution < 1.29 is 4.79 Å². The van der Waals surface area contributed by atoms with Crippen LogP contribution >= 0.6 is 12.4 Å². The highest BCUT2D eigenvalue weighted by Crippen LogP contribution is 2.09. The Bertz CT molecular complexity index is 581. The number of nitrogens with zero attached hydrogens (tertiary/aromatic N) is 4. The van der Waals surface area contributed by atoms with Crippen molar-refractivity contribution in [1.29, 1.82) is 0 Å². The molecule has 1 N–H and O–H groups in total. The molecule has 6 nitrogen and oxygen atoms in total. The van der Waals surface area contributed by atoms with Crippen molar-refractivity contribution in [2.45, 2.75) is 6.04 Å². The second-order valence-electron chi connectivity index (χ2n) is 4.58. The normalized spacial score (nSPS) is 14.2. The van der Waals surface area contributed by atoms with Crippen LogP contribution in [0.5, 0.6) is 0 Å². The Morgan fingerprint density at radius 1 is 1.35 bits per heavy atom. The lowest BCUT2D eigenvalue weighted by molar-refractivity contribution is 0.0674. The number of rotatable bonds is 3. The number of nitrogens with one attached hydrogen (secondary N) is 1. The summed E-state index contributed by atoms with van der Waals surface area (Å²) < 4.78 is 0. The van der Waals surface area contributed by atoms with Gasteiger partial charge in [0.15, 0.2) is 5.69 Å². The van der Waals surface area contributed by atoms with E-state index in [0.29, 0.717) is 5.69 Å². The molecule has 20 heavy (non-hydrogen) atoms. The zero-order valence-electron chi connectivity index (χ0n) is 11.1. The molecule has 7 heteroatoms. The maximum Gasteiger partial charge on any atom is 0.276 e. The number of carbonyl (C=O) groups excluding carboxylic acids is 1. The molecular weight excluding hydrogens is 278 g/mol. The van der Waals surface area contributed by atoms with Crippen LogP contribution in [0.1, 0.15) is 10.5 Å². The van der Waals surface area contributed by atoms with Crippen LogP contribution in [0.3, 0.4) is 0 Å². The number of carbonyl (C=O) groups is 1. The number of amides is 1. The van der Waals surface area contributed by atoms with Gasteiger partial charge in [0, 0.05) is 20.1 Å². The molecule has 2 heterocycles. The van der Waals surface area contributed by atoms with Crippen LogP contribution in [0.25, 0.3) is 5.69 Å². The van der Waals surface area contributed by atoms with Crippen molar-refractivity contribution in [3.8, 4) is 5.69 Å². The molecule has 1 aliphatic heterocycles. The summed E-state index contributed by atoms with van der Waals surface area (Å²) in [5.74, 6) is -0.0892. The standard InChI is InChI=1S/C13H15N5O.ClH/c1-17(11-7-14-8-11)13(19)12-9-15-18(16-12)10-5-3-2-4-6-10;/h2-6,9,11,14H,7-8H2,1H3;1H. The lowest BCUT2D eigenvalue weighted by Gasteiger charge is -2.35. The molecule has 0 aliphatic carbocycles. The maximum atomic E-state index is 12.2. The van der Waals surface area contributed by atoms with Gasteiger partial charge in [0.2, 0.25) is 0 Å². The molecule has 1 saturated heterocycles. The van der Waals surface area contributed by atoms with E-state index < -0.39 is 0 Å². The molecule has 0 atom stereocenters. The number of aromatic nitrogens is 3. The molecule has 106 valence electrons. The molecule has 1 aromatic heterocycles. The van der Waals surface area contributed by atoms with Crippen LogP contribution < -0.4 is 5.32 Å². The number of hydrogen-bond acceptors (Lipinski definition) is 4. The molecule has 1 fully saturated rings. The Kier molecular flexibility index (Phi) is 4.36. The average molecular weight is 294 g/mol. The van der Waals surface area contributed by atoms with E-state index in [2.05, 4.69) is 15.5 Å². The van der Waals surface area contributed by atoms with E-state index in [1.54, 1.807) is 11.9 Å². The maximum absolute atomic E-state index is 12.2. The fraction of sp³-hybridized carbons (Fsp3) is 0.308. The van der Waals surface area contributed by atoms with Crippen LogP contribution in [-0.2, 0) is 0 Å². The van der Waals surface area contributed by atoms with Crippen molar-refractivity contribution in [1.82, 2.24) is 25.2 Å². The lowest BCUT2D eigenvalue weighted by atomic mass is 10.1. The lowest BCUT2D eigenvalue weighted by Crippen LogP contribution is -2.57. The van der Waals surface area contributed by atoms with Crippen molar-refractivity contribution in [2.75, 3.05) is 20.1 Å². The van der Waals surface area contributed by atoms with E-state index in [1.807, 2.05) is 30.3 Å². The predicted molar refractivity (Wildman–Crippen MR) is 77.4 cm³/mol. The van der Waals surface area contributed by atoms with Gasteiger partial charge < -0.3 is 10.2 Å². The van der Waals surface area contributed by atoms with Crippen LogP contribution in [0.15, 0.2) is 36.5 Å². The molecule has 1 aliphatic rings. The van der Waals surface area contributed by atoms with Gasteiger partial charge in [0.25, 0.3) is 5.91 Å². The minimum Gasteiger partial charge on any atom is -0.335 e. The van der Waals surface area contributed by atoms with Crippen LogP contribution in [0.4, 0.5) is 0 Å². The summed E-state index contributed by atoms with van der Waals surface area (Å²) in [5.41, 5.74) is 1.22. The third kappa shape index (κ3) is 2.66. The van der Waals surface area contributed by atoms with Gasteiger partial charge in [-0.05, 0) is 12.1 Å². The van der Waals surface area contributed by atoms with E-state index in [4.69, 9.17) is 0 Å². The highest BCUT2D eigenvalue weighted by atomic mass is 35.5. The van der Waals surface area contributed by atoms with Gasteiger partial charge in [0.05, 0.1) is 17.9 Å². The molecular formula is C13H16ClN5O. The summed E-state index contributed by atoms with van der Waals surface area (Å²) in [6.45, 7) is 1.68. The van der Waals surface area contributed by atoms with Crippen LogP contribution in [0.2, 0.25) is 0 Å². The Labute approximate surface area is 123 Å². The van der Waals surface area contributed by atoms with Gasteiger partial charge in [-0.25, -0.2) is 0 Å². The third-order valence-electron chi connectivity index (χ3n) is 3.33. The first-order chi connectivity index (χ1) is 9.25. The summed E-state index contributed by atoms with van der Waals surface area (Å²) in [6.07, 6.45) is 1.51. The summed E-state index contributed by atoms with van der Waals surface area (Å²) in [5, 5.41) is 11.5. The fourth-order valence-electron chi connectivity index (χ4n) is 1.94. The third-order valence-corrected chi connectivity index (χ3v) is 3.33. The Hall–Kier alpha value is -1.92. The summed E-state index contributed by atoms with van der Waals surface area (Å²) >= 11 is 0. The van der Waals surface area contributed by atoms with Gasteiger partial charge in [0.1, 0.15) is 0 Å². The molecule has 1 aromatic carbocycles. The minimum absolute atomic E-state index is 0. The second-order valence-corrected chi connectivity index (χ2v) is 4.58. The van der Waals surface area contributed by atoms with Gasteiger partial charge in [-0.1, -0.05) is 18.2 Å². The molecule has 0 radical (unpaired) electrons. The van der Waals surface area contributed by atoms with Crippen molar-refractivity contribution in [3.63, 3.8) is 0 Å². The summed E-state index contributed by atoms with van der Waals surface area (Å²) in [6, 6.07) is 9.80. The SMILES string of the molecule is CN(C(=O)c1cnn(-c2ccccc2)n1)C1CNC1.Cl. The molecule has 3 rings (SSSR count). The zero-order chi connectivity index (χ0) is 13.2. The van der Waals surface area contributed by atoms with E-state index in [0.717, 1.165) is 18.8 Å². The van der Waals surface area contributed by atoms with Crippen LogP contribution in [0, 0.1) is 0 Å². The molecule has 2 aromatic rings. The number of benzene rings is 1. The van der Waals surface area contributed by atoms with Crippen molar-refractivity contribution >= 4 is 18.3 Å². The summed E-state index contributed by atoms with van der Waals surface area (Å²) in [7, 11) is 1.80. The Morgan fingerprint density at radius 3 is 2.65 bits per heavy atom. The van der Waals surface area contributed by atoms with Gasteiger partial charge >= 0.3 is 0 Å². The first-order valence-electron chi connectivity index (χ1n) is 6.21. The average Bonchev–Trinajstić information content (AvgIpc) is 2.86. The Balaban J connectivity index is 0.00000147. The monoisotopic (exact) mass is 293 g/mol. The highest BCUT2D eigenvalue weighted by Gasteiger charge is 2.27. The van der Waals surface area contributed by atoms with E-state index in [9.17, 15) is 4.79 Å². The van der Waals surface area contributed by atoms with Crippen molar-refractivity contribution in [2.24, 2.45) is 0 Å². The highest BCUT2D eigenvalue weighted by molar-refractivity contribution is 5.92. The van der Waals surface area contributed by atoms with Gasteiger partial charge in [-0.15, -0.1) is 17.5 Å². The number of likely N-dealkylation sites (N-methyl/N-ethyl adjacent to an activating group) is 1.